The first-order valence-corrected chi connectivity index (χ1v) is 11.0. The molecule has 0 bridgehead atoms. The predicted octanol–water partition coefficient (Wildman–Crippen LogP) is 4.88. The summed E-state index contributed by atoms with van der Waals surface area (Å²) in [4.78, 5) is 15.4. The van der Waals surface area contributed by atoms with E-state index in [-0.39, 0.29) is 11.9 Å². The number of nitrogens with zero attached hydrogens (tertiary/aromatic N) is 1. The number of anilines is 1. The molecule has 1 amide bonds. The minimum Gasteiger partial charge on any atom is -0.497 e. The Morgan fingerprint density at radius 1 is 0.903 bits per heavy atom. The number of methoxy groups -OCH3 is 1. The van der Waals surface area contributed by atoms with Gasteiger partial charge in [-0.05, 0) is 67.1 Å². The first kappa shape index (κ1) is 21.0. The molecule has 1 saturated heterocycles. The fourth-order valence-corrected chi connectivity index (χ4v) is 4.22. The minimum atomic E-state index is 0.0477. The predicted molar refractivity (Wildman–Crippen MR) is 126 cm³/mol. The topological polar surface area (TPSA) is 41.6 Å². The molecular formula is C27H30N2O2. The van der Waals surface area contributed by atoms with Crippen LogP contribution in [0.5, 0.6) is 5.75 Å². The van der Waals surface area contributed by atoms with E-state index in [4.69, 9.17) is 4.74 Å². The fraction of sp³-hybridized carbons (Fsp3) is 0.296. The Balaban J connectivity index is 1.32. The normalized spacial score (nSPS) is 14.3. The maximum absolute atomic E-state index is 13.0. The molecule has 1 aliphatic rings. The Bertz CT molecular complexity index is 978. The Morgan fingerprint density at radius 3 is 2.29 bits per heavy atom. The molecule has 4 heteroatoms. The number of rotatable bonds is 7. The molecule has 0 saturated carbocycles. The zero-order valence-corrected chi connectivity index (χ0v) is 18.1. The van der Waals surface area contributed by atoms with Gasteiger partial charge in [-0.15, -0.1) is 0 Å². The van der Waals surface area contributed by atoms with E-state index in [2.05, 4.69) is 52.7 Å². The van der Waals surface area contributed by atoms with Gasteiger partial charge in [-0.1, -0.05) is 48.5 Å². The number of carbonyl (C=O) groups excluding carboxylic acids is 1. The standard InChI is InChI=1S/C27H30N2O2/c1-31-25-15-13-24(14-16-25)29-19-17-23(18-20-29)28-27(30)26-10-6-5-9-22(26)12-11-21-7-3-2-4-8-21/h2-10,13-16,23H,11-12,17-20H2,1H3,(H,28,30). The first-order valence-electron chi connectivity index (χ1n) is 11.0. The highest BCUT2D eigenvalue weighted by atomic mass is 16.5. The highest BCUT2D eigenvalue weighted by molar-refractivity contribution is 5.95. The van der Waals surface area contributed by atoms with Crippen LogP contribution in [0.1, 0.15) is 34.3 Å². The third-order valence-corrected chi connectivity index (χ3v) is 6.06. The summed E-state index contributed by atoms with van der Waals surface area (Å²) < 4.78 is 5.25. The molecule has 4 nitrogen and oxygen atoms in total. The van der Waals surface area contributed by atoms with Crippen molar-refractivity contribution in [1.29, 1.82) is 0 Å². The second-order valence-electron chi connectivity index (χ2n) is 8.08. The van der Waals surface area contributed by atoms with Gasteiger partial charge in [-0.3, -0.25) is 4.79 Å². The molecular weight excluding hydrogens is 384 g/mol. The van der Waals surface area contributed by atoms with Crippen LogP contribution in [0, 0.1) is 0 Å². The summed E-state index contributed by atoms with van der Waals surface area (Å²) in [5, 5.41) is 3.28. The average molecular weight is 415 g/mol. The third kappa shape index (κ3) is 5.46. The lowest BCUT2D eigenvalue weighted by Crippen LogP contribution is -2.44. The van der Waals surface area contributed by atoms with Crippen molar-refractivity contribution in [2.45, 2.75) is 31.7 Å². The number of carbonyl (C=O) groups is 1. The van der Waals surface area contributed by atoms with Crippen LogP contribution in [0.2, 0.25) is 0 Å². The van der Waals surface area contributed by atoms with Gasteiger partial charge in [0, 0.05) is 30.4 Å². The smallest absolute Gasteiger partial charge is 0.251 e. The van der Waals surface area contributed by atoms with Crippen LogP contribution >= 0.6 is 0 Å². The van der Waals surface area contributed by atoms with E-state index < -0.39 is 0 Å². The van der Waals surface area contributed by atoms with Crippen molar-refractivity contribution < 1.29 is 9.53 Å². The molecule has 3 aromatic rings. The summed E-state index contributed by atoms with van der Waals surface area (Å²) >= 11 is 0. The van der Waals surface area contributed by atoms with E-state index in [1.54, 1.807) is 7.11 Å². The largest absolute Gasteiger partial charge is 0.497 e. The maximum Gasteiger partial charge on any atom is 0.251 e. The maximum atomic E-state index is 13.0. The van der Waals surface area contributed by atoms with Gasteiger partial charge >= 0.3 is 0 Å². The van der Waals surface area contributed by atoms with Crippen LogP contribution in [0.4, 0.5) is 5.69 Å². The SMILES string of the molecule is COc1ccc(N2CCC(NC(=O)c3ccccc3CCc3ccccc3)CC2)cc1. The number of amides is 1. The van der Waals surface area contributed by atoms with E-state index in [9.17, 15) is 4.79 Å². The molecule has 0 aliphatic carbocycles. The molecule has 0 unspecified atom stereocenters. The summed E-state index contributed by atoms with van der Waals surface area (Å²) in [5.41, 5.74) is 4.41. The molecule has 31 heavy (non-hydrogen) atoms. The van der Waals surface area contributed by atoms with Gasteiger partial charge in [0.05, 0.1) is 7.11 Å². The lowest BCUT2D eigenvalue weighted by Gasteiger charge is -2.34. The molecule has 1 fully saturated rings. The summed E-state index contributed by atoms with van der Waals surface area (Å²) in [7, 11) is 1.68. The van der Waals surface area contributed by atoms with Crippen molar-refractivity contribution in [3.63, 3.8) is 0 Å². The molecule has 1 aliphatic heterocycles. The summed E-state index contributed by atoms with van der Waals surface area (Å²) in [5.74, 6) is 0.920. The Kier molecular flexibility index (Phi) is 6.88. The van der Waals surface area contributed by atoms with Gasteiger partial charge in [0.1, 0.15) is 5.75 Å². The van der Waals surface area contributed by atoms with Crippen LogP contribution in [0.25, 0.3) is 0 Å². The number of piperidine rings is 1. The van der Waals surface area contributed by atoms with Crippen molar-refractivity contribution >= 4 is 11.6 Å². The van der Waals surface area contributed by atoms with Gasteiger partial charge in [-0.2, -0.15) is 0 Å². The molecule has 0 aromatic heterocycles. The van der Waals surface area contributed by atoms with Gasteiger partial charge in [0.2, 0.25) is 0 Å². The average Bonchev–Trinajstić information content (AvgIpc) is 2.84. The van der Waals surface area contributed by atoms with E-state index in [1.807, 2.05) is 36.4 Å². The third-order valence-electron chi connectivity index (χ3n) is 6.06. The molecule has 1 heterocycles. The van der Waals surface area contributed by atoms with Gasteiger partial charge in [0.15, 0.2) is 0 Å². The molecule has 0 atom stereocenters. The molecule has 0 spiro atoms. The van der Waals surface area contributed by atoms with Gasteiger partial charge in [0.25, 0.3) is 5.91 Å². The molecule has 0 radical (unpaired) electrons. The minimum absolute atomic E-state index is 0.0477. The number of hydrogen-bond acceptors (Lipinski definition) is 3. The molecule has 1 N–H and O–H groups in total. The molecule has 4 rings (SSSR count). The lowest BCUT2D eigenvalue weighted by molar-refractivity contribution is 0.0930. The second kappa shape index (κ2) is 10.2. The van der Waals surface area contributed by atoms with E-state index in [0.29, 0.717) is 0 Å². The second-order valence-corrected chi connectivity index (χ2v) is 8.08. The fourth-order valence-electron chi connectivity index (χ4n) is 4.22. The van der Waals surface area contributed by atoms with E-state index in [1.165, 1.54) is 11.3 Å². The van der Waals surface area contributed by atoms with E-state index in [0.717, 1.165) is 55.6 Å². The highest BCUT2D eigenvalue weighted by Crippen LogP contribution is 2.23. The number of aryl methyl sites for hydroxylation is 2. The van der Waals surface area contributed by atoms with Crippen LogP contribution in [-0.4, -0.2) is 32.1 Å². The zero-order chi connectivity index (χ0) is 21.5. The zero-order valence-electron chi connectivity index (χ0n) is 18.1. The first-order chi connectivity index (χ1) is 15.2. The van der Waals surface area contributed by atoms with Crippen molar-refractivity contribution in [2.24, 2.45) is 0 Å². The Hall–Kier alpha value is -3.27. The van der Waals surface area contributed by atoms with Crippen molar-refractivity contribution in [3.05, 3.63) is 95.6 Å². The quantitative estimate of drug-likeness (QED) is 0.599. The van der Waals surface area contributed by atoms with Crippen molar-refractivity contribution in [3.8, 4) is 5.75 Å². The number of benzene rings is 3. The van der Waals surface area contributed by atoms with Crippen LogP contribution in [0.3, 0.4) is 0 Å². The number of ether oxygens (including phenoxy) is 1. The number of hydrogen-bond donors (Lipinski definition) is 1. The van der Waals surface area contributed by atoms with Crippen LogP contribution in [-0.2, 0) is 12.8 Å². The van der Waals surface area contributed by atoms with Crippen molar-refractivity contribution in [1.82, 2.24) is 5.32 Å². The van der Waals surface area contributed by atoms with Gasteiger partial charge in [-0.25, -0.2) is 0 Å². The summed E-state index contributed by atoms with van der Waals surface area (Å²) in [6, 6.07) is 26.8. The number of nitrogens with one attached hydrogen (secondary N) is 1. The van der Waals surface area contributed by atoms with Crippen LogP contribution < -0.4 is 15.0 Å². The van der Waals surface area contributed by atoms with Gasteiger partial charge < -0.3 is 15.0 Å². The Labute approximate surface area is 184 Å². The monoisotopic (exact) mass is 414 g/mol. The molecule has 3 aromatic carbocycles. The molecule has 160 valence electrons. The summed E-state index contributed by atoms with van der Waals surface area (Å²) in [6.07, 6.45) is 3.70. The van der Waals surface area contributed by atoms with Crippen molar-refractivity contribution in [2.75, 3.05) is 25.1 Å². The highest BCUT2D eigenvalue weighted by Gasteiger charge is 2.22. The van der Waals surface area contributed by atoms with E-state index >= 15 is 0 Å². The lowest BCUT2D eigenvalue weighted by atomic mass is 9.98. The van der Waals surface area contributed by atoms with Crippen LogP contribution in [0.15, 0.2) is 78.9 Å². The summed E-state index contributed by atoms with van der Waals surface area (Å²) in [6.45, 7) is 1.87. The Morgan fingerprint density at radius 2 is 1.58 bits per heavy atom.